The topological polar surface area (TPSA) is 189 Å². The zero-order chi connectivity index (χ0) is 26.0. The lowest BCUT2D eigenvalue weighted by Crippen LogP contribution is -2.32. The fourth-order valence-electron chi connectivity index (χ4n) is 2.41. The lowest BCUT2D eigenvalue weighted by atomic mass is 10.2. The van der Waals surface area contributed by atoms with E-state index in [2.05, 4.69) is 14.9 Å². The normalized spacial score (nSPS) is 12.1. The first-order chi connectivity index (χ1) is 16.4. The smallest absolute Gasteiger partial charge is 0.335 e. The number of rotatable bonds is 16. The Labute approximate surface area is 210 Å². The number of carbonyl (C=O) groups is 4. The van der Waals surface area contributed by atoms with Crippen molar-refractivity contribution < 1.29 is 33.5 Å². The monoisotopic (exact) mass is 507 g/mol. The van der Waals surface area contributed by atoms with Gasteiger partial charge in [-0.2, -0.15) is 0 Å². The van der Waals surface area contributed by atoms with Crippen molar-refractivity contribution in [1.82, 2.24) is 10.4 Å². The van der Waals surface area contributed by atoms with E-state index < -0.39 is 17.8 Å². The van der Waals surface area contributed by atoms with Crippen LogP contribution in [0.2, 0.25) is 0 Å². The van der Waals surface area contributed by atoms with E-state index in [0.29, 0.717) is 18.1 Å². The minimum absolute atomic E-state index is 0. The molecule has 0 aromatic rings. The highest BCUT2D eigenvalue weighted by atomic mass is 16.7. The number of hydroxylamine groups is 2. The molecule has 35 heavy (non-hydrogen) atoms. The Morgan fingerprint density at radius 2 is 1.26 bits per heavy atom. The van der Waals surface area contributed by atoms with Crippen molar-refractivity contribution in [3.05, 3.63) is 0 Å². The summed E-state index contributed by atoms with van der Waals surface area (Å²) < 4.78 is 9.42. The molecule has 1 aliphatic heterocycles. The zero-order valence-electron chi connectivity index (χ0n) is 20.9. The van der Waals surface area contributed by atoms with Crippen LogP contribution in [0.3, 0.4) is 0 Å². The molecular weight excluding hydrogens is 458 g/mol. The molecule has 1 fully saturated rings. The molecule has 12 heteroatoms. The van der Waals surface area contributed by atoms with Gasteiger partial charge >= 0.3 is 5.97 Å². The maximum atomic E-state index is 11.0. The highest BCUT2D eigenvalue weighted by Gasteiger charge is 2.32. The molecule has 3 amide bonds. The van der Waals surface area contributed by atoms with Crippen LogP contribution >= 0.6 is 0 Å². The molecule has 0 aliphatic carbocycles. The van der Waals surface area contributed by atoms with Crippen molar-refractivity contribution in [2.45, 2.75) is 71.6 Å². The van der Waals surface area contributed by atoms with E-state index in [1.54, 1.807) is 7.11 Å². The average Bonchev–Trinajstić information content (AvgIpc) is 3.14. The minimum atomic E-state index is -0.643. The molecule has 1 saturated heterocycles. The Morgan fingerprint density at radius 3 is 1.71 bits per heavy atom. The van der Waals surface area contributed by atoms with Crippen molar-refractivity contribution >= 4 is 23.7 Å². The van der Waals surface area contributed by atoms with Crippen molar-refractivity contribution in [3.63, 3.8) is 0 Å². The van der Waals surface area contributed by atoms with Gasteiger partial charge in [0, 0.05) is 40.0 Å². The number of ether oxygens (including phenoxy) is 2. The molecule has 1 aliphatic rings. The van der Waals surface area contributed by atoms with E-state index in [1.165, 1.54) is 13.5 Å². The van der Waals surface area contributed by atoms with Crippen LogP contribution in [0, 0.1) is 0 Å². The van der Waals surface area contributed by atoms with Gasteiger partial charge in [-0.25, -0.2) is 4.79 Å². The molecule has 1 heterocycles. The second kappa shape index (κ2) is 28.1. The van der Waals surface area contributed by atoms with Gasteiger partial charge in [0.05, 0.1) is 19.6 Å². The Bertz CT molecular complexity index is 530. The zero-order valence-corrected chi connectivity index (χ0v) is 20.9. The van der Waals surface area contributed by atoms with Crippen LogP contribution in [0.25, 0.3) is 0 Å². The van der Waals surface area contributed by atoms with Crippen molar-refractivity contribution in [1.29, 1.82) is 0 Å². The molecule has 0 radical (unpaired) electrons. The second-order valence-corrected chi connectivity index (χ2v) is 7.37. The number of imide groups is 1. The molecule has 1 rings (SSSR count). The summed E-state index contributed by atoms with van der Waals surface area (Å²) in [5.74, 6) is -1.52. The summed E-state index contributed by atoms with van der Waals surface area (Å²) in [6.45, 7) is 3.80. The lowest BCUT2D eigenvalue weighted by Gasteiger charge is -2.11. The highest BCUT2D eigenvalue weighted by Crippen LogP contribution is 2.12. The molecule has 0 unspecified atom stereocenters. The van der Waals surface area contributed by atoms with E-state index in [1.807, 2.05) is 0 Å². The number of nitrogens with one attached hydrogen (secondary N) is 1. The summed E-state index contributed by atoms with van der Waals surface area (Å²) in [6, 6.07) is 0. The number of hydrogen-bond donors (Lipinski definition) is 4. The molecule has 7 N–H and O–H groups in total. The summed E-state index contributed by atoms with van der Waals surface area (Å²) in [6.07, 6.45) is 7.25. The predicted molar refractivity (Wildman–Crippen MR) is 135 cm³/mol. The summed E-state index contributed by atoms with van der Waals surface area (Å²) in [5.41, 5.74) is 15.8. The van der Waals surface area contributed by atoms with Crippen LogP contribution in [-0.4, -0.2) is 82.4 Å². The van der Waals surface area contributed by atoms with Crippen LogP contribution in [0.15, 0.2) is 0 Å². The Kier molecular flexibility index (Phi) is 30.1. The fourth-order valence-corrected chi connectivity index (χ4v) is 2.41. The van der Waals surface area contributed by atoms with E-state index in [-0.39, 0.29) is 39.2 Å². The van der Waals surface area contributed by atoms with Gasteiger partial charge in [-0.3, -0.25) is 14.4 Å². The third-order valence-electron chi connectivity index (χ3n) is 4.35. The molecule has 0 saturated carbocycles. The molecule has 0 aromatic carbocycles. The fraction of sp³-hybridized carbons (Fsp3) is 0.826. The lowest BCUT2D eigenvalue weighted by molar-refractivity contribution is -0.198. The van der Waals surface area contributed by atoms with Crippen LogP contribution < -0.4 is 22.5 Å². The molecule has 0 bridgehead atoms. The average molecular weight is 508 g/mol. The second-order valence-electron chi connectivity index (χ2n) is 7.37. The van der Waals surface area contributed by atoms with Gasteiger partial charge in [0.25, 0.3) is 11.8 Å². The van der Waals surface area contributed by atoms with E-state index in [0.717, 1.165) is 58.3 Å². The maximum Gasteiger partial charge on any atom is 0.335 e. The molecule has 0 atom stereocenters. The standard InChI is InChI=1S/C9H20N2O2.C8H11NO5.C5H14N2.CH4/c1-13-8-5-9(12)11-7-4-2-3-6-10;1-13-5-4-8(12)14-9-6(10)2-3-7(9)11;6-4-2-1-3-5-7;/h2-8,10H2,1H3,(H,11,12);2-5H2,1H3;1-7H2;1H4. The summed E-state index contributed by atoms with van der Waals surface area (Å²) >= 11 is 0. The summed E-state index contributed by atoms with van der Waals surface area (Å²) in [4.78, 5) is 48.6. The van der Waals surface area contributed by atoms with E-state index >= 15 is 0 Å². The van der Waals surface area contributed by atoms with Crippen molar-refractivity contribution in [2.75, 3.05) is 53.6 Å². The third-order valence-corrected chi connectivity index (χ3v) is 4.35. The van der Waals surface area contributed by atoms with Gasteiger partial charge in [-0.1, -0.05) is 20.3 Å². The van der Waals surface area contributed by atoms with Crippen molar-refractivity contribution in [3.8, 4) is 0 Å². The Balaban J connectivity index is -0.000000456. The van der Waals surface area contributed by atoms with E-state index in [4.69, 9.17) is 21.9 Å². The largest absolute Gasteiger partial charge is 0.384 e. The quantitative estimate of drug-likeness (QED) is 0.170. The number of hydrogen-bond acceptors (Lipinski definition) is 10. The van der Waals surface area contributed by atoms with Gasteiger partial charge in [0.15, 0.2) is 0 Å². The number of unbranched alkanes of at least 4 members (excludes halogenated alkanes) is 4. The first kappa shape index (κ1) is 37.4. The molecule has 208 valence electrons. The van der Waals surface area contributed by atoms with Gasteiger partial charge in [-0.15, -0.1) is 5.06 Å². The SMILES string of the molecule is C.COCCC(=O)NCCCCCN.COCCC(=O)ON1C(=O)CCC1=O.NCCCCCN. The predicted octanol–water partition coefficient (Wildman–Crippen LogP) is 0.608. The first-order valence-corrected chi connectivity index (χ1v) is 11.8. The molecule has 12 nitrogen and oxygen atoms in total. The Morgan fingerprint density at radius 1 is 0.800 bits per heavy atom. The molecule has 0 aromatic heterocycles. The summed E-state index contributed by atoms with van der Waals surface area (Å²) in [7, 11) is 3.04. The van der Waals surface area contributed by atoms with Crippen LogP contribution in [0.5, 0.6) is 0 Å². The third kappa shape index (κ3) is 24.8. The number of nitrogens with zero attached hydrogens (tertiary/aromatic N) is 1. The first-order valence-electron chi connectivity index (χ1n) is 11.8. The Hall–Kier alpha value is -2.12. The molecule has 0 spiro atoms. The number of amides is 3. The van der Waals surface area contributed by atoms with Gasteiger partial charge < -0.3 is 36.8 Å². The van der Waals surface area contributed by atoms with Gasteiger partial charge in [0.1, 0.15) is 0 Å². The van der Waals surface area contributed by atoms with Crippen LogP contribution in [-0.2, 0) is 33.5 Å². The van der Waals surface area contributed by atoms with E-state index in [9.17, 15) is 19.2 Å². The van der Waals surface area contributed by atoms with Gasteiger partial charge in [0.2, 0.25) is 5.91 Å². The highest BCUT2D eigenvalue weighted by molar-refractivity contribution is 6.01. The number of nitrogens with two attached hydrogens (primary N) is 3. The number of methoxy groups -OCH3 is 2. The van der Waals surface area contributed by atoms with Gasteiger partial charge in [-0.05, 0) is 45.3 Å². The van der Waals surface area contributed by atoms with Crippen LogP contribution in [0.4, 0.5) is 0 Å². The van der Waals surface area contributed by atoms with Crippen LogP contribution in [0.1, 0.15) is 71.6 Å². The minimum Gasteiger partial charge on any atom is -0.384 e. The van der Waals surface area contributed by atoms with Crippen molar-refractivity contribution in [2.24, 2.45) is 17.2 Å². The number of carbonyl (C=O) groups excluding carboxylic acids is 4. The summed E-state index contributed by atoms with van der Waals surface area (Å²) in [5, 5.41) is 3.34. The maximum absolute atomic E-state index is 11.0. The molecular formula is C23H49N5O7.